The van der Waals surface area contributed by atoms with Crippen LogP contribution in [-0.2, 0) is 4.74 Å². The molecule has 4 fully saturated rings. The number of hydrogen-bond acceptors (Lipinski definition) is 4. The molecule has 0 aromatic heterocycles. The largest absolute Gasteiger partial charge is 0.449 e. The van der Waals surface area contributed by atoms with Gasteiger partial charge in [-0.15, -0.1) is 0 Å². The molecule has 4 aliphatic rings. The molecule has 5 nitrogen and oxygen atoms in total. The van der Waals surface area contributed by atoms with Crippen molar-refractivity contribution in [1.29, 1.82) is 0 Å². The van der Waals surface area contributed by atoms with E-state index in [9.17, 15) is 4.79 Å². The van der Waals surface area contributed by atoms with Crippen molar-refractivity contribution >= 4 is 6.09 Å². The molecule has 2 atom stereocenters. The first-order chi connectivity index (χ1) is 11.3. The van der Waals surface area contributed by atoms with Crippen molar-refractivity contribution < 1.29 is 9.53 Å². The molecule has 0 bridgehead atoms. The van der Waals surface area contributed by atoms with Gasteiger partial charge in [0, 0.05) is 37.1 Å². The highest BCUT2D eigenvalue weighted by atomic mass is 16.6. The van der Waals surface area contributed by atoms with Crippen LogP contribution in [0.15, 0.2) is 0 Å². The zero-order valence-electron chi connectivity index (χ0n) is 14.2. The molecule has 23 heavy (non-hydrogen) atoms. The maximum absolute atomic E-state index is 12.4. The van der Waals surface area contributed by atoms with E-state index in [1.807, 2.05) is 0 Å². The van der Waals surface area contributed by atoms with Crippen molar-refractivity contribution in [2.24, 2.45) is 5.92 Å². The zero-order valence-corrected chi connectivity index (χ0v) is 14.2. The Morgan fingerprint density at radius 3 is 2.43 bits per heavy atom. The lowest BCUT2D eigenvalue weighted by Crippen LogP contribution is -2.59. The smallest absolute Gasteiger partial charge is 0.410 e. The van der Waals surface area contributed by atoms with Crippen LogP contribution in [0.5, 0.6) is 0 Å². The number of hydrogen-bond donors (Lipinski definition) is 1. The minimum atomic E-state index is -0.0338. The second kappa shape index (κ2) is 6.98. The van der Waals surface area contributed by atoms with Crippen molar-refractivity contribution in [2.45, 2.75) is 69.5 Å². The third kappa shape index (κ3) is 3.22. The number of piperidine rings is 2. The number of carbonyl (C=O) groups is 1. The standard InChI is InChI=1S/C18H31N3O2/c22-18-21(17-4-2-1-3-14(17)13-23-18)16-7-11-20(12-8-16)15-5-9-19-10-6-15/h14-17,19H,1-13H2/t14-,17+/m1/s1. The van der Waals surface area contributed by atoms with Crippen molar-refractivity contribution in [3.05, 3.63) is 0 Å². The molecule has 5 heteroatoms. The van der Waals surface area contributed by atoms with Gasteiger partial charge in [-0.05, 0) is 51.6 Å². The van der Waals surface area contributed by atoms with Crippen LogP contribution in [-0.4, -0.2) is 66.8 Å². The van der Waals surface area contributed by atoms with Gasteiger partial charge in [-0.2, -0.15) is 0 Å². The maximum Gasteiger partial charge on any atom is 0.410 e. The molecule has 3 heterocycles. The summed E-state index contributed by atoms with van der Waals surface area (Å²) in [6, 6.07) is 1.62. The summed E-state index contributed by atoms with van der Waals surface area (Å²) in [6.45, 7) is 5.28. The molecule has 0 aromatic rings. The van der Waals surface area contributed by atoms with Crippen LogP contribution < -0.4 is 5.32 Å². The number of rotatable bonds is 2. The first kappa shape index (κ1) is 15.7. The van der Waals surface area contributed by atoms with Crippen LogP contribution in [0.1, 0.15) is 51.4 Å². The second-order valence-electron chi connectivity index (χ2n) is 7.84. The SMILES string of the molecule is O=C1OC[C@H]2CCCC[C@@H]2N1C1CCN(C2CCNCC2)CC1. The maximum atomic E-state index is 12.4. The number of ether oxygens (including phenoxy) is 1. The highest BCUT2D eigenvalue weighted by Crippen LogP contribution is 2.35. The molecule has 130 valence electrons. The number of fused-ring (bicyclic) bond motifs is 1. The summed E-state index contributed by atoms with van der Waals surface area (Å²) in [5, 5.41) is 3.46. The van der Waals surface area contributed by atoms with Crippen molar-refractivity contribution in [3.63, 3.8) is 0 Å². The van der Waals surface area contributed by atoms with Gasteiger partial charge in [0.15, 0.2) is 0 Å². The molecule has 3 saturated heterocycles. The van der Waals surface area contributed by atoms with E-state index < -0.39 is 0 Å². The molecule has 1 amide bonds. The van der Waals surface area contributed by atoms with E-state index in [1.54, 1.807) is 0 Å². The van der Waals surface area contributed by atoms with Gasteiger partial charge in [0.2, 0.25) is 0 Å². The van der Waals surface area contributed by atoms with Gasteiger partial charge in [-0.25, -0.2) is 4.79 Å². The van der Waals surface area contributed by atoms with E-state index in [4.69, 9.17) is 4.74 Å². The minimum Gasteiger partial charge on any atom is -0.449 e. The van der Waals surface area contributed by atoms with Crippen LogP contribution in [0.2, 0.25) is 0 Å². The van der Waals surface area contributed by atoms with Gasteiger partial charge in [-0.3, -0.25) is 0 Å². The quantitative estimate of drug-likeness (QED) is 0.847. The Kier molecular flexibility index (Phi) is 4.76. The molecule has 0 radical (unpaired) electrons. The Balaban J connectivity index is 1.37. The first-order valence-corrected chi connectivity index (χ1v) is 9.73. The van der Waals surface area contributed by atoms with Crippen molar-refractivity contribution in [2.75, 3.05) is 32.8 Å². The summed E-state index contributed by atoms with van der Waals surface area (Å²) in [4.78, 5) is 17.2. The Morgan fingerprint density at radius 1 is 0.913 bits per heavy atom. The summed E-state index contributed by atoms with van der Waals surface area (Å²) in [6.07, 6.45) is 9.79. The fourth-order valence-electron chi connectivity index (χ4n) is 5.26. The Hall–Kier alpha value is -0.810. The van der Waals surface area contributed by atoms with Crippen LogP contribution in [0, 0.1) is 5.92 Å². The molecule has 0 aromatic carbocycles. The molecule has 1 aliphatic carbocycles. The Morgan fingerprint density at radius 2 is 1.65 bits per heavy atom. The van der Waals surface area contributed by atoms with Crippen LogP contribution in [0.4, 0.5) is 4.79 Å². The molecule has 4 rings (SSSR count). The van der Waals surface area contributed by atoms with Crippen LogP contribution >= 0.6 is 0 Å². The molecular formula is C18H31N3O2. The molecule has 0 spiro atoms. The van der Waals surface area contributed by atoms with Gasteiger partial charge in [0.05, 0.1) is 6.61 Å². The predicted molar refractivity (Wildman–Crippen MR) is 89.4 cm³/mol. The molecule has 3 aliphatic heterocycles. The first-order valence-electron chi connectivity index (χ1n) is 9.73. The zero-order chi connectivity index (χ0) is 15.6. The lowest BCUT2D eigenvalue weighted by atomic mass is 9.82. The normalized spacial score (nSPS) is 35.0. The summed E-state index contributed by atoms with van der Waals surface area (Å²) >= 11 is 0. The average molecular weight is 321 g/mol. The topological polar surface area (TPSA) is 44.8 Å². The van der Waals surface area contributed by atoms with E-state index in [0.717, 1.165) is 45.1 Å². The van der Waals surface area contributed by atoms with E-state index in [-0.39, 0.29) is 6.09 Å². The average Bonchev–Trinajstić information content (AvgIpc) is 2.63. The molecule has 1 saturated carbocycles. The van der Waals surface area contributed by atoms with Crippen molar-refractivity contribution in [1.82, 2.24) is 15.1 Å². The molecule has 0 unspecified atom stereocenters. The number of carbonyl (C=O) groups excluding carboxylic acids is 1. The third-order valence-corrected chi connectivity index (χ3v) is 6.58. The number of nitrogens with zero attached hydrogens (tertiary/aromatic N) is 2. The van der Waals surface area contributed by atoms with Gasteiger partial charge >= 0.3 is 6.09 Å². The van der Waals surface area contributed by atoms with Gasteiger partial charge in [0.25, 0.3) is 0 Å². The molecular weight excluding hydrogens is 290 g/mol. The number of nitrogens with one attached hydrogen (secondary N) is 1. The van der Waals surface area contributed by atoms with Gasteiger partial charge < -0.3 is 19.9 Å². The van der Waals surface area contributed by atoms with E-state index >= 15 is 0 Å². The summed E-state index contributed by atoms with van der Waals surface area (Å²) in [5.74, 6) is 0.587. The number of amides is 1. The number of cyclic esters (lactones) is 1. The minimum absolute atomic E-state index is 0.0338. The Labute approximate surface area is 139 Å². The monoisotopic (exact) mass is 321 g/mol. The second-order valence-corrected chi connectivity index (χ2v) is 7.84. The summed E-state index contributed by atoms with van der Waals surface area (Å²) < 4.78 is 5.52. The summed E-state index contributed by atoms with van der Waals surface area (Å²) in [5.41, 5.74) is 0. The number of likely N-dealkylation sites (tertiary alicyclic amines) is 1. The fourth-order valence-corrected chi connectivity index (χ4v) is 5.26. The summed E-state index contributed by atoms with van der Waals surface area (Å²) in [7, 11) is 0. The van der Waals surface area contributed by atoms with Crippen LogP contribution in [0.3, 0.4) is 0 Å². The van der Waals surface area contributed by atoms with Gasteiger partial charge in [0.1, 0.15) is 0 Å². The predicted octanol–water partition coefficient (Wildman–Crippen LogP) is 2.21. The van der Waals surface area contributed by atoms with Gasteiger partial charge in [-0.1, -0.05) is 12.8 Å². The molecule has 1 N–H and O–H groups in total. The lowest BCUT2D eigenvalue weighted by Gasteiger charge is -2.49. The van der Waals surface area contributed by atoms with Crippen molar-refractivity contribution in [3.8, 4) is 0 Å². The fraction of sp³-hybridized carbons (Fsp3) is 0.944. The highest BCUT2D eigenvalue weighted by Gasteiger charge is 2.43. The van der Waals surface area contributed by atoms with E-state index in [0.29, 0.717) is 24.6 Å². The van der Waals surface area contributed by atoms with E-state index in [2.05, 4.69) is 15.1 Å². The lowest BCUT2D eigenvalue weighted by molar-refractivity contribution is -0.0399. The van der Waals surface area contributed by atoms with E-state index in [1.165, 1.54) is 38.5 Å². The highest BCUT2D eigenvalue weighted by molar-refractivity contribution is 5.69. The third-order valence-electron chi connectivity index (χ3n) is 6.58. The van der Waals surface area contributed by atoms with Crippen LogP contribution in [0.25, 0.3) is 0 Å². The Bertz CT molecular complexity index is 416.